The molecule has 1 rings (SSSR count). The van der Waals surface area contributed by atoms with Crippen molar-refractivity contribution in [1.82, 2.24) is 4.90 Å². The van der Waals surface area contributed by atoms with E-state index in [1.54, 1.807) is 7.05 Å². The molecule has 0 fully saturated rings. The average Bonchev–Trinajstić information content (AvgIpc) is 2.28. The van der Waals surface area contributed by atoms with Crippen LogP contribution in [0.1, 0.15) is 16.8 Å². The Balaban J connectivity index is 2.80. The minimum Gasteiger partial charge on any atom is -0.396 e. The molecule has 1 aromatic carbocycles. The Kier molecular flexibility index (Phi) is 3.84. The largest absolute Gasteiger partial charge is 0.396 e. The lowest BCUT2D eigenvalue weighted by Crippen LogP contribution is -2.27. The van der Waals surface area contributed by atoms with Gasteiger partial charge in [0.2, 0.25) is 0 Å². The zero-order valence-electron chi connectivity index (χ0n) is 8.90. The van der Waals surface area contributed by atoms with Crippen LogP contribution in [-0.4, -0.2) is 24.4 Å². The first-order valence-corrected chi connectivity index (χ1v) is 4.73. The number of hydrogen-bond donors (Lipinski definition) is 1. The molecule has 4 nitrogen and oxygen atoms in total. The molecular weight excluding hydrogens is 209 g/mol. The number of benzene rings is 1. The van der Waals surface area contributed by atoms with Crippen molar-refractivity contribution >= 4 is 11.6 Å². The summed E-state index contributed by atoms with van der Waals surface area (Å²) in [5.41, 5.74) is 5.62. The van der Waals surface area contributed by atoms with Crippen LogP contribution in [0.4, 0.5) is 10.1 Å². The van der Waals surface area contributed by atoms with Gasteiger partial charge in [-0.25, -0.2) is 4.39 Å². The minimum absolute atomic E-state index is 0.0560. The Labute approximate surface area is 93.1 Å². The Morgan fingerprint density at radius 2 is 2.31 bits per heavy atom. The summed E-state index contributed by atoms with van der Waals surface area (Å²) in [4.78, 5) is 13.2. The van der Waals surface area contributed by atoms with Gasteiger partial charge in [-0.1, -0.05) is 0 Å². The van der Waals surface area contributed by atoms with Gasteiger partial charge in [0.1, 0.15) is 5.82 Å². The molecule has 0 saturated heterocycles. The summed E-state index contributed by atoms with van der Waals surface area (Å²) in [5.74, 6) is -0.821. The molecule has 5 heteroatoms. The highest BCUT2D eigenvalue weighted by Crippen LogP contribution is 2.13. The van der Waals surface area contributed by atoms with E-state index in [9.17, 15) is 9.18 Å². The number of nitrogens with two attached hydrogens (primary N) is 1. The zero-order valence-corrected chi connectivity index (χ0v) is 8.90. The molecule has 0 aliphatic heterocycles. The fourth-order valence-electron chi connectivity index (χ4n) is 1.22. The highest BCUT2D eigenvalue weighted by atomic mass is 19.1. The monoisotopic (exact) mass is 221 g/mol. The maximum Gasteiger partial charge on any atom is 0.253 e. The predicted octanol–water partition coefficient (Wildman–Crippen LogP) is 1.39. The molecule has 0 heterocycles. The van der Waals surface area contributed by atoms with Crippen LogP contribution in [0.2, 0.25) is 0 Å². The maximum absolute atomic E-state index is 12.9. The summed E-state index contributed by atoms with van der Waals surface area (Å²) in [6.07, 6.45) is 0.263. The number of carbonyl (C=O) groups is 1. The Morgan fingerprint density at radius 1 is 1.62 bits per heavy atom. The molecule has 0 aromatic heterocycles. The normalized spacial score (nSPS) is 9.56. The van der Waals surface area contributed by atoms with E-state index in [0.717, 1.165) is 6.07 Å². The molecule has 1 amide bonds. The van der Waals surface area contributed by atoms with Crippen molar-refractivity contribution in [3.63, 3.8) is 0 Å². The lowest BCUT2D eigenvalue weighted by molar-refractivity contribution is 0.0798. The number of amides is 1. The lowest BCUT2D eigenvalue weighted by atomic mass is 10.1. The maximum atomic E-state index is 12.9. The van der Waals surface area contributed by atoms with Crippen molar-refractivity contribution in [2.24, 2.45) is 0 Å². The van der Waals surface area contributed by atoms with Crippen LogP contribution in [0.15, 0.2) is 18.2 Å². The molecule has 0 aliphatic carbocycles. The SMILES string of the molecule is CN(CCC#N)C(=O)c1ccc(F)c(N)c1. The zero-order chi connectivity index (χ0) is 12.1. The number of carbonyl (C=O) groups excluding carboxylic acids is 1. The Morgan fingerprint density at radius 3 is 2.88 bits per heavy atom. The first-order valence-electron chi connectivity index (χ1n) is 4.73. The van der Waals surface area contributed by atoms with E-state index < -0.39 is 5.82 Å². The smallest absolute Gasteiger partial charge is 0.253 e. The number of hydrogen-bond acceptors (Lipinski definition) is 3. The average molecular weight is 221 g/mol. The third-order valence-electron chi connectivity index (χ3n) is 2.15. The molecule has 0 spiro atoms. The number of halogens is 1. The summed E-state index contributed by atoms with van der Waals surface area (Å²) in [6, 6.07) is 5.76. The van der Waals surface area contributed by atoms with Crippen LogP contribution >= 0.6 is 0 Å². The number of nitriles is 1. The molecular formula is C11H12FN3O. The van der Waals surface area contributed by atoms with E-state index in [0.29, 0.717) is 12.1 Å². The third-order valence-corrected chi connectivity index (χ3v) is 2.15. The molecule has 0 radical (unpaired) electrons. The van der Waals surface area contributed by atoms with Crippen molar-refractivity contribution in [2.75, 3.05) is 19.3 Å². The summed E-state index contributed by atoms with van der Waals surface area (Å²) in [5, 5.41) is 8.39. The molecule has 0 atom stereocenters. The van der Waals surface area contributed by atoms with Gasteiger partial charge >= 0.3 is 0 Å². The van der Waals surface area contributed by atoms with Crippen LogP contribution in [-0.2, 0) is 0 Å². The fourth-order valence-corrected chi connectivity index (χ4v) is 1.22. The fraction of sp³-hybridized carbons (Fsp3) is 0.273. The molecule has 2 N–H and O–H groups in total. The van der Waals surface area contributed by atoms with Crippen molar-refractivity contribution in [3.05, 3.63) is 29.6 Å². The summed E-state index contributed by atoms with van der Waals surface area (Å²) < 4.78 is 12.9. The van der Waals surface area contributed by atoms with E-state index in [2.05, 4.69) is 0 Å². The standard InChI is InChI=1S/C11H12FN3O/c1-15(6-2-5-13)11(16)8-3-4-9(12)10(14)7-8/h3-4,7H,2,6,14H2,1H3. The molecule has 0 bridgehead atoms. The number of nitrogens with zero attached hydrogens (tertiary/aromatic N) is 2. The second kappa shape index (κ2) is 5.12. The summed E-state index contributed by atoms with van der Waals surface area (Å²) >= 11 is 0. The highest BCUT2D eigenvalue weighted by molar-refractivity contribution is 5.94. The third kappa shape index (κ3) is 2.70. The first-order chi connectivity index (χ1) is 7.56. The van der Waals surface area contributed by atoms with Gasteiger partial charge in [0.05, 0.1) is 18.2 Å². The van der Waals surface area contributed by atoms with Gasteiger partial charge in [-0.05, 0) is 18.2 Å². The van der Waals surface area contributed by atoms with Gasteiger partial charge in [0.15, 0.2) is 0 Å². The molecule has 1 aromatic rings. The Hall–Kier alpha value is -2.09. The number of nitrogen functional groups attached to an aromatic ring is 1. The van der Waals surface area contributed by atoms with Crippen molar-refractivity contribution < 1.29 is 9.18 Å². The van der Waals surface area contributed by atoms with E-state index in [-0.39, 0.29) is 18.0 Å². The molecule has 84 valence electrons. The van der Waals surface area contributed by atoms with Crippen molar-refractivity contribution in [1.29, 1.82) is 5.26 Å². The van der Waals surface area contributed by atoms with Crippen molar-refractivity contribution in [2.45, 2.75) is 6.42 Å². The predicted molar refractivity (Wildman–Crippen MR) is 58.0 cm³/mol. The summed E-state index contributed by atoms with van der Waals surface area (Å²) in [7, 11) is 1.58. The minimum atomic E-state index is -0.545. The van der Waals surface area contributed by atoms with E-state index >= 15 is 0 Å². The van der Waals surface area contributed by atoms with Crippen molar-refractivity contribution in [3.8, 4) is 6.07 Å². The molecule has 0 unspecified atom stereocenters. The van der Waals surface area contributed by atoms with Gasteiger partial charge in [0.25, 0.3) is 5.91 Å². The lowest BCUT2D eigenvalue weighted by Gasteiger charge is -2.15. The molecule has 0 aliphatic rings. The van der Waals surface area contributed by atoms with Gasteiger partial charge in [-0.3, -0.25) is 4.79 Å². The van der Waals surface area contributed by atoms with E-state index in [1.165, 1.54) is 17.0 Å². The quantitative estimate of drug-likeness (QED) is 0.784. The van der Waals surface area contributed by atoms with Gasteiger partial charge in [-0.15, -0.1) is 0 Å². The van der Waals surface area contributed by atoms with E-state index in [1.807, 2.05) is 6.07 Å². The Bertz CT molecular complexity index is 439. The first kappa shape index (κ1) is 12.0. The number of anilines is 1. The van der Waals surface area contributed by atoms with Crippen LogP contribution in [0.25, 0.3) is 0 Å². The van der Waals surface area contributed by atoms with Crippen LogP contribution in [0.3, 0.4) is 0 Å². The second-order valence-electron chi connectivity index (χ2n) is 3.37. The van der Waals surface area contributed by atoms with Crippen LogP contribution in [0, 0.1) is 17.1 Å². The van der Waals surface area contributed by atoms with Gasteiger partial charge in [0, 0.05) is 19.2 Å². The van der Waals surface area contributed by atoms with Gasteiger partial charge in [-0.2, -0.15) is 5.26 Å². The second-order valence-corrected chi connectivity index (χ2v) is 3.37. The molecule has 0 saturated carbocycles. The topological polar surface area (TPSA) is 70.1 Å². The van der Waals surface area contributed by atoms with Crippen LogP contribution < -0.4 is 5.73 Å². The summed E-state index contributed by atoms with van der Waals surface area (Å²) in [6.45, 7) is 0.340. The number of rotatable bonds is 3. The van der Waals surface area contributed by atoms with Crippen LogP contribution in [0.5, 0.6) is 0 Å². The van der Waals surface area contributed by atoms with Gasteiger partial charge < -0.3 is 10.6 Å². The highest BCUT2D eigenvalue weighted by Gasteiger charge is 2.12. The molecule has 16 heavy (non-hydrogen) atoms. The van der Waals surface area contributed by atoms with E-state index in [4.69, 9.17) is 11.0 Å².